The molecule has 4 unspecified atom stereocenters. The van der Waals surface area contributed by atoms with Gasteiger partial charge in [-0.15, -0.1) is 0 Å². The van der Waals surface area contributed by atoms with E-state index in [-0.39, 0.29) is 24.3 Å². The summed E-state index contributed by atoms with van der Waals surface area (Å²) < 4.78 is 0. The average Bonchev–Trinajstić information content (AvgIpc) is 2.92. The Kier molecular flexibility index (Phi) is 5.40. The predicted octanol–water partition coefficient (Wildman–Crippen LogP) is 1.40. The Morgan fingerprint density at radius 3 is 2.25 bits per heavy atom. The molecule has 2 saturated carbocycles. The maximum atomic E-state index is 12.2. The molecule has 1 amide bonds. The lowest BCUT2D eigenvalue weighted by atomic mass is 9.78. The normalized spacial score (nSPS) is 33.9. The van der Waals surface area contributed by atoms with Gasteiger partial charge in [0.15, 0.2) is 0 Å². The monoisotopic (exact) mass is 283 g/mol. The fraction of sp³-hybridized carbons (Fsp3) is 0.867. The molecule has 0 saturated heterocycles. The van der Waals surface area contributed by atoms with Crippen LogP contribution in [0.5, 0.6) is 0 Å². The molecule has 2 fully saturated rings. The van der Waals surface area contributed by atoms with E-state index in [0.717, 1.165) is 32.1 Å². The van der Waals surface area contributed by atoms with Crippen LogP contribution in [0.2, 0.25) is 0 Å². The van der Waals surface area contributed by atoms with Crippen LogP contribution in [0.25, 0.3) is 0 Å². The van der Waals surface area contributed by atoms with Crippen LogP contribution in [0.15, 0.2) is 0 Å². The Labute approximate surface area is 119 Å². The predicted molar refractivity (Wildman–Crippen MR) is 74.0 cm³/mol. The van der Waals surface area contributed by atoms with E-state index in [4.69, 9.17) is 0 Å². The van der Waals surface area contributed by atoms with E-state index < -0.39 is 11.9 Å². The van der Waals surface area contributed by atoms with Crippen molar-refractivity contribution < 1.29 is 19.8 Å². The van der Waals surface area contributed by atoms with Gasteiger partial charge in [-0.2, -0.15) is 0 Å². The molecule has 2 aliphatic rings. The minimum Gasteiger partial charge on any atom is -0.481 e. The van der Waals surface area contributed by atoms with Gasteiger partial charge in [0.25, 0.3) is 0 Å². The van der Waals surface area contributed by atoms with Crippen LogP contribution in [0, 0.1) is 23.7 Å². The minimum atomic E-state index is -0.848. The van der Waals surface area contributed by atoms with Crippen LogP contribution in [0.3, 0.4) is 0 Å². The quantitative estimate of drug-likeness (QED) is 0.712. The summed E-state index contributed by atoms with van der Waals surface area (Å²) in [7, 11) is 0. The van der Waals surface area contributed by atoms with E-state index >= 15 is 0 Å². The van der Waals surface area contributed by atoms with Crippen molar-refractivity contribution in [1.82, 2.24) is 5.32 Å². The van der Waals surface area contributed by atoms with E-state index in [1.54, 1.807) is 0 Å². The molecule has 0 aromatic heterocycles. The second kappa shape index (κ2) is 7.07. The molecular formula is C15H25NO4. The molecule has 0 radical (unpaired) electrons. The molecule has 3 N–H and O–H groups in total. The number of carbonyl (C=O) groups excluding carboxylic acids is 1. The Balaban J connectivity index is 1.85. The average molecular weight is 283 g/mol. The topological polar surface area (TPSA) is 86.6 Å². The Hall–Kier alpha value is -1.10. The third kappa shape index (κ3) is 3.51. The van der Waals surface area contributed by atoms with Gasteiger partial charge in [0.1, 0.15) is 0 Å². The summed E-state index contributed by atoms with van der Waals surface area (Å²) in [6.45, 7) is 0.759. The van der Waals surface area contributed by atoms with E-state index in [1.807, 2.05) is 0 Å². The summed E-state index contributed by atoms with van der Waals surface area (Å²) >= 11 is 0. The van der Waals surface area contributed by atoms with E-state index in [0.29, 0.717) is 25.3 Å². The molecule has 5 nitrogen and oxygen atoms in total. The van der Waals surface area contributed by atoms with Crippen molar-refractivity contribution in [2.75, 3.05) is 13.2 Å². The van der Waals surface area contributed by atoms with Gasteiger partial charge in [0.2, 0.25) is 5.91 Å². The number of hydrogen-bond donors (Lipinski definition) is 3. The van der Waals surface area contributed by atoms with Crippen LogP contribution < -0.4 is 5.32 Å². The molecule has 4 atom stereocenters. The summed E-state index contributed by atoms with van der Waals surface area (Å²) in [5, 5.41) is 21.4. The number of aliphatic carboxylic acids is 1. The molecule has 114 valence electrons. The van der Waals surface area contributed by atoms with Crippen molar-refractivity contribution in [3.63, 3.8) is 0 Å². The van der Waals surface area contributed by atoms with Gasteiger partial charge < -0.3 is 15.5 Å². The second-order valence-electron chi connectivity index (χ2n) is 6.21. The maximum absolute atomic E-state index is 12.2. The Bertz CT molecular complexity index is 358. The molecule has 0 bridgehead atoms. The molecule has 0 heterocycles. The number of nitrogens with one attached hydrogen (secondary N) is 1. The molecule has 5 heteroatoms. The highest BCUT2D eigenvalue weighted by Crippen LogP contribution is 2.32. The van der Waals surface area contributed by atoms with Crippen LogP contribution in [-0.4, -0.2) is 35.2 Å². The number of rotatable bonds is 5. The van der Waals surface area contributed by atoms with E-state index in [1.165, 1.54) is 0 Å². The Morgan fingerprint density at radius 1 is 0.950 bits per heavy atom. The largest absolute Gasteiger partial charge is 0.481 e. The first-order chi connectivity index (χ1) is 9.63. The molecular weight excluding hydrogens is 258 g/mol. The highest BCUT2D eigenvalue weighted by molar-refractivity contribution is 5.84. The van der Waals surface area contributed by atoms with Gasteiger partial charge in [0.05, 0.1) is 11.8 Å². The maximum Gasteiger partial charge on any atom is 0.307 e. The highest BCUT2D eigenvalue weighted by Gasteiger charge is 2.36. The van der Waals surface area contributed by atoms with Crippen LogP contribution in [0.1, 0.15) is 44.9 Å². The van der Waals surface area contributed by atoms with Gasteiger partial charge in [-0.1, -0.05) is 19.3 Å². The first kappa shape index (κ1) is 15.3. The summed E-state index contributed by atoms with van der Waals surface area (Å²) in [5.74, 6) is -1.23. The van der Waals surface area contributed by atoms with Crippen LogP contribution in [0.4, 0.5) is 0 Å². The smallest absolute Gasteiger partial charge is 0.307 e. The number of amides is 1. The zero-order chi connectivity index (χ0) is 14.5. The lowest BCUT2D eigenvalue weighted by Gasteiger charge is -2.28. The van der Waals surface area contributed by atoms with Gasteiger partial charge in [-0.3, -0.25) is 9.59 Å². The lowest BCUT2D eigenvalue weighted by molar-refractivity contribution is -0.149. The van der Waals surface area contributed by atoms with Crippen LogP contribution >= 0.6 is 0 Å². The van der Waals surface area contributed by atoms with Crippen molar-refractivity contribution in [3.05, 3.63) is 0 Å². The van der Waals surface area contributed by atoms with Gasteiger partial charge >= 0.3 is 5.97 Å². The molecule has 2 rings (SSSR count). The van der Waals surface area contributed by atoms with Crippen molar-refractivity contribution in [2.24, 2.45) is 23.7 Å². The van der Waals surface area contributed by atoms with E-state index in [9.17, 15) is 19.8 Å². The highest BCUT2D eigenvalue weighted by atomic mass is 16.4. The number of carboxylic acid groups (broad SMARTS) is 1. The first-order valence-corrected chi connectivity index (χ1v) is 7.75. The second-order valence-corrected chi connectivity index (χ2v) is 6.21. The molecule has 20 heavy (non-hydrogen) atoms. The molecule has 0 aromatic rings. The van der Waals surface area contributed by atoms with E-state index in [2.05, 4.69) is 5.32 Å². The van der Waals surface area contributed by atoms with Crippen molar-refractivity contribution in [3.8, 4) is 0 Å². The number of hydrogen-bond acceptors (Lipinski definition) is 3. The third-order valence-corrected chi connectivity index (χ3v) is 5.01. The zero-order valence-corrected chi connectivity index (χ0v) is 11.9. The van der Waals surface area contributed by atoms with Crippen molar-refractivity contribution in [1.29, 1.82) is 0 Å². The lowest BCUT2D eigenvalue weighted by Crippen LogP contribution is -2.41. The zero-order valence-electron chi connectivity index (χ0n) is 11.9. The van der Waals surface area contributed by atoms with Gasteiger partial charge in [-0.25, -0.2) is 0 Å². The SMILES string of the molecule is O=C(O)C1CCCCC1C(=O)NCC1CCCC1CO. The number of carbonyl (C=O) groups is 2. The van der Waals surface area contributed by atoms with Gasteiger partial charge in [-0.05, 0) is 37.5 Å². The van der Waals surface area contributed by atoms with Crippen LogP contribution in [-0.2, 0) is 9.59 Å². The fourth-order valence-electron chi connectivity index (χ4n) is 3.73. The van der Waals surface area contributed by atoms with Crippen molar-refractivity contribution in [2.45, 2.75) is 44.9 Å². The summed E-state index contributed by atoms with van der Waals surface area (Å²) in [6.07, 6.45) is 6.29. The summed E-state index contributed by atoms with van der Waals surface area (Å²) in [5.41, 5.74) is 0. The molecule has 2 aliphatic carbocycles. The standard InChI is InChI=1S/C15H25NO4/c17-9-11-5-3-4-10(11)8-16-14(18)12-6-1-2-7-13(12)15(19)20/h10-13,17H,1-9H2,(H,16,18)(H,19,20). The first-order valence-electron chi connectivity index (χ1n) is 7.75. The molecule has 0 spiro atoms. The third-order valence-electron chi connectivity index (χ3n) is 5.01. The Morgan fingerprint density at radius 2 is 1.60 bits per heavy atom. The molecule has 0 aromatic carbocycles. The van der Waals surface area contributed by atoms with Gasteiger partial charge in [0, 0.05) is 13.2 Å². The van der Waals surface area contributed by atoms with Crippen molar-refractivity contribution >= 4 is 11.9 Å². The fourth-order valence-corrected chi connectivity index (χ4v) is 3.73. The number of aliphatic hydroxyl groups excluding tert-OH is 1. The number of aliphatic hydroxyl groups is 1. The molecule has 0 aliphatic heterocycles. The number of carboxylic acids is 1. The minimum absolute atomic E-state index is 0.110. The summed E-state index contributed by atoms with van der Waals surface area (Å²) in [4.78, 5) is 23.4. The summed E-state index contributed by atoms with van der Waals surface area (Å²) in [6, 6.07) is 0.